The first kappa shape index (κ1) is 12.0. The molecule has 1 aliphatic rings. The zero-order valence-corrected chi connectivity index (χ0v) is 9.27. The number of carbonyl (C=O) groups is 2. The van der Waals surface area contributed by atoms with Crippen LogP contribution in [0.4, 0.5) is 4.79 Å². The monoisotopic (exact) mass is 215 g/mol. The molecule has 1 saturated heterocycles. The summed E-state index contributed by atoms with van der Waals surface area (Å²) >= 11 is 0. The normalized spacial score (nSPS) is 19.3. The van der Waals surface area contributed by atoms with E-state index in [1.165, 1.54) is 4.90 Å². The van der Waals surface area contributed by atoms with Crippen molar-refractivity contribution in [1.29, 1.82) is 0 Å². The van der Waals surface area contributed by atoms with Crippen LogP contribution in [-0.4, -0.2) is 47.2 Å². The van der Waals surface area contributed by atoms with E-state index in [4.69, 9.17) is 9.84 Å². The van der Waals surface area contributed by atoms with Crippen LogP contribution in [0, 0.1) is 5.92 Å². The van der Waals surface area contributed by atoms with Crippen molar-refractivity contribution in [2.75, 3.05) is 13.1 Å². The second-order valence-electron chi connectivity index (χ2n) is 4.77. The number of nitrogens with zero attached hydrogens (tertiary/aromatic N) is 1. The van der Waals surface area contributed by atoms with Crippen LogP contribution < -0.4 is 0 Å². The van der Waals surface area contributed by atoms with Crippen LogP contribution in [0.5, 0.6) is 0 Å². The number of ether oxygens (including phenoxy) is 1. The number of carbonyl (C=O) groups excluding carboxylic acids is 2. The molecule has 1 amide bonds. The maximum absolute atomic E-state index is 11.4. The van der Waals surface area contributed by atoms with Crippen molar-refractivity contribution in [3.8, 4) is 0 Å². The van der Waals surface area contributed by atoms with Gasteiger partial charge in [0, 0.05) is 19.0 Å². The van der Waals surface area contributed by atoms with Gasteiger partial charge < -0.3 is 19.5 Å². The maximum Gasteiger partial charge on any atom is 0.410 e. The lowest BCUT2D eigenvalue weighted by molar-refractivity contribution is -0.121. The molecule has 86 valence electrons. The molecule has 5 heteroatoms. The van der Waals surface area contributed by atoms with Gasteiger partial charge in [-0.2, -0.15) is 0 Å². The quantitative estimate of drug-likeness (QED) is 0.678. The van der Waals surface area contributed by atoms with Crippen molar-refractivity contribution >= 4 is 12.4 Å². The lowest BCUT2D eigenvalue weighted by atomic mass is 9.95. The molecule has 0 aliphatic carbocycles. The van der Waals surface area contributed by atoms with Crippen LogP contribution in [-0.2, 0) is 9.53 Å². The summed E-state index contributed by atoms with van der Waals surface area (Å²) in [7, 11) is 0. The summed E-state index contributed by atoms with van der Waals surface area (Å²) in [4.78, 5) is 23.2. The van der Waals surface area contributed by atoms with Crippen molar-refractivity contribution in [2.45, 2.75) is 32.5 Å². The SMILES string of the molecule is CC(C)(C)OC(=O)N1CC(C(O)C=O)C1. The molecule has 1 unspecified atom stereocenters. The van der Waals surface area contributed by atoms with E-state index in [1.807, 2.05) is 0 Å². The summed E-state index contributed by atoms with van der Waals surface area (Å²) in [6.07, 6.45) is -0.863. The van der Waals surface area contributed by atoms with Gasteiger partial charge in [-0.15, -0.1) is 0 Å². The standard InChI is InChI=1S/C10H17NO4/c1-10(2,3)15-9(14)11-4-7(5-11)8(13)6-12/h6-8,13H,4-5H2,1-3H3. The Balaban J connectivity index is 2.33. The summed E-state index contributed by atoms with van der Waals surface area (Å²) in [6, 6.07) is 0. The number of aliphatic hydroxyl groups excluding tert-OH is 1. The molecule has 1 atom stereocenters. The average molecular weight is 215 g/mol. The van der Waals surface area contributed by atoms with E-state index in [1.54, 1.807) is 20.8 Å². The van der Waals surface area contributed by atoms with E-state index >= 15 is 0 Å². The molecule has 1 heterocycles. The number of rotatable bonds is 2. The molecule has 15 heavy (non-hydrogen) atoms. The molecule has 5 nitrogen and oxygen atoms in total. The van der Waals surface area contributed by atoms with Gasteiger partial charge >= 0.3 is 6.09 Å². The highest BCUT2D eigenvalue weighted by molar-refractivity contribution is 5.69. The molecular weight excluding hydrogens is 198 g/mol. The van der Waals surface area contributed by atoms with Gasteiger partial charge in [-0.3, -0.25) is 0 Å². The third-order valence-corrected chi connectivity index (χ3v) is 2.18. The van der Waals surface area contributed by atoms with E-state index in [9.17, 15) is 9.59 Å². The number of hydrogen-bond donors (Lipinski definition) is 1. The number of aliphatic hydroxyl groups is 1. The van der Waals surface area contributed by atoms with E-state index < -0.39 is 17.8 Å². The van der Waals surface area contributed by atoms with Crippen molar-refractivity contribution in [2.24, 2.45) is 5.92 Å². The Labute approximate surface area is 89.0 Å². The van der Waals surface area contributed by atoms with Crippen molar-refractivity contribution in [3.63, 3.8) is 0 Å². The first-order valence-electron chi connectivity index (χ1n) is 4.95. The highest BCUT2D eigenvalue weighted by Gasteiger charge is 2.37. The summed E-state index contributed by atoms with van der Waals surface area (Å²) in [6.45, 7) is 6.15. The Morgan fingerprint density at radius 1 is 1.53 bits per heavy atom. The van der Waals surface area contributed by atoms with Gasteiger partial charge in [-0.25, -0.2) is 4.79 Å². The highest BCUT2D eigenvalue weighted by Crippen LogP contribution is 2.21. The van der Waals surface area contributed by atoms with Crippen LogP contribution >= 0.6 is 0 Å². The Morgan fingerprint density at radius 3 is 2.47 bits per heavy atom. The van der Waals surface area contributed by atoms with Crippen LogP contribution in [0.15, 0.2) is 0 Å². The van der Waals surface area contributed by atoms with Crippen LogP contribution in [0.25, 0.3) is 0 Å². The first-order chi connectivity index (χ1) is 6.83. The fourth-order valence-corrected chi connectivity index (χ4v) is 1.32. The third kappa shape index (κ3) is 3.20. The predicted octanol–water partition coefficient (Wildman–Crippen LogP) is 0.413. The molecule has 0 radical (unpaired) electrons. The number of aldehydes is 1. The minimum absolute atomic E-state index is 0.144. The van der Waals surface area contributed by atoms with Gasteiger partial charge in [0.05, 0.1) is 0 Å². The molecule has 1 rings (SSSR count). The summed E-state index contributed by atoms with van der Waals surface area (Å²) in [5.41, 5.74) is -0.508. The number of likely N-dealkylation sites (tertiary alicyclic amines) is 1. The smallest absolute Gasteiger partial charge is 0.410 e. The molecule has 0 bridgehead atoms. The van der Waals surface area contributed by atoms with Crippen LogP contribution in [0.2, 0.25) is 0 Å². The van der Waals surface area contributed by atoms with Crippen LogP contribution in [0.3, 0.4) is 0 Å². The fraction of sp³-hybridized carbons (Fsp3) is 0.800. The van der Waals surface area contributed by atoms with Gasteiger partial charge in [0.2, 0.25) is 0 Å². The van der Waals surface area contributed by atoms with Gasteiger partial charge in [0.15, 0.2) is 0 Å². The maximum atomic E-state index is 11.4. The third-order valence-electron chi connectivity index (χ3n) is 2.18. The second-order valence-corrected chi connectivity index (χ2v) is 4.77. The summed E-state index contributed by atoms with van der Waals surface area (Å²) in [5, 5.41) is 9.16. The zero-order valence-electron chi connectivity index (χ0n) is 9.27. The zero-order chi connectivity index (χ0) is 11.6. The molecule has 0 aromatic heterocycles. The van der Waals surface area contributed by atoms with Crippen molar-refractivity contribution < 1.29 is 19.4 Å². The molecule has 0 saturated carbocycles. The van der Waals surface area contributed by atoms with E-state index in [0.717, 1.165) is 0 Å². The average Bonchev–Trinajstić information content (AvgIpc) is 1.97. The van der Waals surface area contributed by atoms with E-state index in [0.29, 0.717) is 19.4 Å². The Kier molecular flexibility index (Phi) is 3.34. The number of amides is 1. The molecule has 1 aliphatic heterocycles. The lowest BCUT2D eigenvalue weighted by Crippen LogP contribution is -2.55. The summed E-state index contributed by atoms with van der Waals surface area (Å²) in [5.74, 6) is -0.144. The fourth-order valence-electron chi connectivity index (χ4n) is 1.32. The molecule has 0 spiro atoms. The highest BCUT2D eigenvalue weighted by atomic mass is 16.6. The predicted molar refractivity (Wildman–Crippen MR) is 53.4 cm³/mol. The molecule has 0 aromatic carbocycles. The molecular formula is C10H17NO4. The minimum atomic E-state index is -0.969. The molecule has 1 N–H and O–H groups in total. The first-order valence-corrected chi connectivity index (χ1v) is 4.95. The van der Waals surface area contributed by atoms with Crippen molar-refractivity contribution in [1.82, 2.24) is 4.90 Å². The minimum Gasteiger partial charge on any atom is -0.444 e. The lowest BCUT2D eigenvalue weighted by Gasteiger charge is -2.40. The van der Waals surface area contributed by atoms with E-state index in [-0.39, 0.29) is 5.92 Å². The van der Waals surface area contributed by atoms with Gasteiger partial charge in [0.25, 0.3) is 0 Å². The molecule has 0 aromatic rings. The number of hydrogen-bond acceptors (Lipinski definition) is 4. The van der Waals surface area contributed by atoms with Crippen molar-refractivity contribution in [3.05, 3.63) is 0 Å². The van der Waals surface area contributed by atoms with Gasteiger partial charge in [0.1, 0.15) is 18.0 Å². The summed E-state index contributed by atoms with van der Waals surface area (Å²) < 4.78 is 5.12. The van der Waals surface area contributed by atoms with E-state index in [2.05, 4.69) is 0 Å². The molecule has 1 fully saturated rings. The Hall–Kier alpha value is -1.10. The largest absolute Gasteiger partial charge is 0.444 e. The topological polar surface area (TPSA) is 66.8 Å². The Bertz CT molecular complexity index is 253. The van der Waals surface area contributed by atoms with Gasteiger partial charge in [-0.05, 0) is 20.8 Å². The Morgan fingerprint density at radius 2 is 2.07 bits per heavy atom. The van der Waals surface area contributed by atoms with Crippen LogP contribution in [0.1, 0.15) is 20.8 Å². The van der Waals surface area contributed by atoms with Gasteiger partial charge in [-0.1, -0.05) is 0 Å². The second kappa shape index (κ2) is 4.18.